The summed E-state index contributed by atoms with van der Waals surface area (Å²) in [6, 6.07) is 0. The fraction of sp³-hybridized carbons (Fsp3) is 0.600. The van der Waals surface area contributed by atoms with Crippen LogP contribution in [-0.4, -0.2) is 28.4 Å². The van der Waals surface area contributed by atoms with Crippen molar-refractivity contribution in [1.82, 2.24) is 4.98 Å². The molecule has 0 N–H and O–H groups in total. The molecule has 1 aromatic heterocycles. The van der Waals surface area contributed by atoms with Crippen molar-refractivity contribution in [2.24, 2.45) is 0 Å². The molecule has 1 rings (SSSR count). The standard InChI is InChI=1S/C15H23NO2S/c1-10-8-16-13(11(2)14(10)18-6)7-12(17)9-19-15(3,4)5/h8H,7,9H2,1-6H3. The molecule has 0 atom stereocenters. The summed E-state index contributed by atoms with van der Waals surface area (Å²) in [7, 11) is 1.65. The van der Waals surface area contributed by atoms with Crippen molar-refractivity contribution >= 4 is 17.5 Å². The summed E-state index contributed by atoms with van der Waals surface area (Å²) in [4.78, 5) is 16.4. The van der Waals surface area contributed by atoms with Crippen LogP contribution in [0.3, 0.4) is 0 Å². The number of hydrogen-bond donors (Lipinski definition) is 0. The smallest absolute Gasteiger partial charge is 0.148 e. The Hall–Kier alpha value is -1.03. The van der Waals surface area contributed by atoms with Gasteiger partial charge in [0.15, 0.2) is 0 Å². The first-order valence-corrected chi connectivity index (χ1v) is 7.38. The zero-order valence-electron chi connectivity index (χ0n) is 12.7. The number of aryl methyl sites for hydroxylation is 1. The van der Waals surface area contributed by atoms with Gasteiger partial charge >= 0.3 is 0 Å². The summed E-state index contributed by atoms with van der Waals surface area (Å²) >= 11 is 1.67. The molecule has 0 amide bonds. The second-order valence-electron chi connectivity index (χ2n) is 5.66. The number of aromatic nitrogens is 1. The highest BCUT2D eigenvalue weighted by atomic mass is 32.2. The molecule has 4 heteroatoms. The Morgan fingerprint density at radius 3 is 2.53 bits per heavy atom. The second-order valence-corrected chi connectivity index (χ2v) is 7.46. The van der Waals surface area contributed by atoms with Gasteiger partial charge in [0, 0.05) is 28.5 Å². The molecule has 19 heavy (non-hydrogen) atoms. The first kappa shape index (κ1) is 16.0. The van der Waals surface area contributed by atoms with Crippen molar-refractivity contribution in [3.63, 3.8) is 0 Å². The van der Waals surface area contributed by atoms with E-state index in [1.807, 2.05) is 13.8 Å². The Bertz CT molecular complexity index is 464. The van der Waals surface area contributed by atoms with Gasteiger partial charge < -0.3 is 4.74 Å². The number of ketones is 1. The van der Waals surface area contributed by atoms with Gasteiger partial charge in [-0.25, -0.2) is 0 Å². The lowest BCUT2D eigenvalue weighted by molar-refractivity contribution is -0.116. The van der Waals surface area contributed by atoms with Crippen LogP contribution in [0.2, 0.25) is 0 Å². The van der Waals surface area contributed by atoms with Crippen molar-refractivity contribution in [2.45, 2.75) is 45.8 Å². The Balaban J connectivity index is 2.75. The highest BCUT2D eigenvalue weighted by Gasteiger charge is 2.16. The predicted octanol–water partition coefficient (Wildman–Crippen LogP) is 3.35. The Morgan fingerprint density at radius 1 is 1.37 bits per heavy atom. The highest BCUT2D eigenvalue weighted by molar-refractivity contribution is 8.01. The monoisotopic (exact) mass is 281 g/mol. The normalized spacial score (nSPS) is 11.5. The molecule has 0 aliphatic rings. The van der Waals surface area contributed by atoms with Crippen molar-refractivity contribution in [3.05, 3.63) is 23.0 Å². The molecule has 0 unspecified atom stereocenters. The molecule has 0 spiro atoms. The third-order valence-corrected chi connectivity index (χ3v) is 4.11. The lowest BCUT2D eigenvalue weighted by atomic mass is 10.1. The fourth-order valence-electron chi connectivity index (χ4n) is 1.78. The fourth-order valence-corrected chi connectivity index (χ4v) is 2.48. The Morgan fingerprint density at radius 2 is 2.00 bits per heavy atom. The number of Topliss-reactive ketones (excluding diaryl/α,β-unsaturated/α-hetero) is 1. The number of methoxy groups -OCH3 is 1. The van der Waals surface area contributed by atoms with Crippen molar-refractivity contribution < 1.29 is 9.53 Å². The van der Waals surface area contributed by atoms with E-state index in [9.17, 15) is 4.79 Å². The molecule has 0 aliphatic carbocycles. The van der Waals surface area contributed by atoms with Crippen LogP contribution < -0.4 is 4.74 Å². The largest absolute Gasteiger partial charge is 0.496 e. The number of carbonyl (C=O) groups is 1. The van der Waals surface area contributed by atoms with Crippen LogP contribution in [0.5, 0.6) is 5.75 Å². The van der Waals surface area contributed by atoms with Gasteiger partial charge in [-0.15, -0.1) is 11.8 Å². The molecule has 106 valence electrons. The third-order valence-electron chi connectivity index (χ3n) is 2.78. The Labute approximate surface area is 120 Å². The SMILES string of the molecule is COc1c(C)cnc(CC(=O)CSC(C)(C)C)c1C. The molecular weight excluding hydrogens is 258 g/mol. The van der Waals surface area contributed by atoms with E-state index in [4.69, 9.17) is 4.74 Å². The maximum absolute atomic E-state index is 12.0. The first-order chi connectivity index (χ1) is 8.74. The summed E-state index contributed by atoms with van der Waals surface area (Å²) in [5.41, 5.74) is 2.79. The molecular formula is C15H23NO2S. The van der Waals surface area contributed by atoms with Gasteiger partial charge in [0.1, 0.15) is 11.5 Å². The molecule has 0 saturated heterocycles. The third kappa shape index (κ3) is 4.86. The van der Waals surface area contributed by atoms with Gasteiger partial charge in [0.2, 0.25) is 0 Å². The zero-order valence-corrected chi connectivity index (χ0v) is 13.5. The minimum Gasteiger partial charge on any atom is -0.496 e. The summed E-state index contributed by atoms with van der Waals surface area (Å²) in [5, 5.41) is 0. The van der Waals surface area contributed by atoms with E-state index in [1.165, 1.54) is 0 Å². The van der Waals surface area contributed by atoms with E-state index in [-0.39, 0.29) is 10.5 Å². The minimum atomic E-state index is 0.114. The summed E-state index contributed by atoms with van der Waals surface area (Å²) < 4.78 is 5.47. The van der Waals surface area contributed by atoms with E-state index in [2.05, 4.69) is 25.8 Å². The highest BCUT2D eigenvalue weighted by Crippen LogP contribution is 2.26. The molecule has 1 aromatic rings. The average molecular weight is 281 g/mol. The van der Waals surface area contributed by atoms with Crippen LogP contribution in [0.1, 0.15) is 37.6 Å². The van der Waals surface area contributed by atoms with Crippen molar-refractivity contribution in [3.8, 4) is 5.75 Å². The van der Waals surface area contributed by atoms with Gasteiger partial charge in [-0.1, -0.05) is 20.8 Å². The van der Waals surface area contributed by atoms with E-state index in [0.717, 1.165) is 22.6 Å². The molecule has 1 heterocycles. The van der Waals surface area contributed by atoms with Gasteiger partial charge in [-0.2, -0.15) is 0 Å². The van der Waals surface area contributed by atoms with E-state index in [1.54, 1.807) is 25.1 Å². The molecule has 0 aliphatic heterocycles. The maximum Gasteiger partial charge on any atom is 0.148 e. The molecule has 0 aromatic carbocycles. The lowest BCUT2D eigenvalue weighted by Crippen LogP contribution is -2.15. The number of rotatable bonds is 5. The number of thioether (sulfide) groups is 1. The summed E-state index contributed by atoms with van der Waals surface area (Å²) in [6.45, 7) is 10.3. The molecule has 3 nitrogen and oxygen atoms in total. The lowest BCUT2D eigenvalue weighted by Gasteiger charge is -2.17. The molecule has 0 saturated carbocycles. The topological polar surface area (TPSA) is 39.2 Å². The molecule has 0 bridgehead atoms. The van der Waals surface area contributed by atoms with Crippen LogP contribution in [0.4, 0.5) is 0 Å². The van der Waals surface area contributed by atoms with Crippen molar-refractivity contribution in [2.75, 3.05) is 12.9 Å². The zero-order chi connectivity index (χ0) is 14.6. The number of hydrogen-bond acceptors (Lipinski definition) is 4. The van der Waals surface area contributed by atoms with Gasteiger partial charge in [0.05, 0.1) is 18.6 Å². The second kappa shape index (κ2) is 6.42. The van der Waals surface area contributed by atoms with E-state index < -0.39 is 0 Å². The number of pyridine rings is 1. The summed E-state index contributed by atoms with van der Waals surface area (Å²) in [5.74, 6) is 1.57. The van der Waals surface area contributed by atoms with Crippen LogP contribution in [0.15, 0.2) is 6.20 Å². The van der Waals surface area contributed by atoms with Crippen LogP contribution in [-0.2, 0) is 11.2 Å². The molecule has 0 radical (unpaired) electrons. The van der Waals surface area contributed by atoms with E-state index >= 15 is 0 Å². The van der Waals surface area contributed by atoms with Gasteiger partial charge in [-0.3, -0.25) is 9.78 Å². The number of ether oxygens (including phenoxy) is 1. The maximum atomic E-state index is 12.0. The number of carbonyl (C=O) groups excluding carboxylic acids is 1. The van der Waals surface area contributed by atoms with Crippen LogP contribution in [0.25, 0.3) is 0 Å². The minimum absolute atomic E-state index is 0.114. The average Bonchev–Trinajstić information content (AvgIpc) is 2.30. The first-order valence-electron chi connectivity index (χ1n) is 6.39. The Kier molecular flexibility index (Phi) is 5.41. The van der Waals surface area contributed by atoms with Crippen LogP contribution >= 0.6 is 11.8 Å². The van der Waals surface area contributed by atoms with Crippen LogP contribution in [0, 0.1) is 13.8 Å². The van der Waals surface area contributed by atoms with E-state index in [0.29, 0.717) is 12.2 Å². The number of nitrogens with zero attached hydrogens (tertiary/aromatic N) is 1. The molecule has 0 fully saturated rings. The van der Waals surface area contributed by atoms with Crippen molar-refractivity contribution in [1.29, 1.82) is 0 Å². The van der Waals surface area contributed by atoms with Gasteiger partial charge in [-0.05, 0) is 13.8 Å². The quantitative estimate of drug-likeness (QED) is 0.829. The van der Waals surface area contributed by atoms with Gasteiger partial charge in [0.25, 0.3) is 0 Å². The predicted molar refractivity (Wildman–Crippen MR) is 81.2 cm³/mol. The summed E-state index contributed by atoms with van der Waals surface area (Å²) in [6.07, 6.45) is 2.15.